The number of rotatable bonds is 6. The summed E-state index contributed by atoms with van der Waals surface area (Å²) < 4.78 is 20.5. The Kier molecular flexibility index (Phi) is 4.74. The van der Waals surface area contributed by atoms with Gasteiger partial charge in [-0.2, -0.15) is 0 Å². The Labute approximate surface area is 118 Å². The van der Waals surface area contributed by atoms with Crippen LogP contribution in [0.2, 0.25) is 0 Å². The molecule has 20 heavy (non-hydrogen) atoms. The SMILES string of the molecule is COc1ccc(CNCCn2cnc(C)c2C)cc1F. The highest BCUT2D eigenvalue weighted by molar-refractivity contribution is 5.29. The van der Waals surface area contributed by atoms with Crippen molar-refractivity contribution in [2.75, 3.05) is 13.7 Å². The minimum Gasteiger partial charge on any atom is -0.494 e. The molecule has 0 aliphatic carbocycles. The van der Waals surface area contributed by atoms with Crippen molar-refractivity contribution in [2.45, 2.75) is 26.9 Å². The van der Waals surface area contributed by atoms with Gasteiger partial charge in [-0.15, -0.1) is 0 Å². The fourth-order valence-corrected chi connectivity index (χ4v) is 2.02. The number of aryl methyl sites for hydroxylation is 1. The Balaban J connectivity index is 1.81. The summed E-state index contributed by atoms with van der Waals surface area (Å²) in [5.74, 6) is -0.0499. The predicted octanol–water partition coefficient (Wildman–Crippen LogP) is 2.44. The lowest BCUT2D eigenvalue weighted by molar-refractivity contribution is 0.386. The number of halogens is 1. The van der Waals surface area contributed by atoms with Gasteiger partial charge in [0.2, 0.25) is 0 Å². The van der Waals surface area contributed by atoms with Crippen LogP contribution in [0.4, 0.5) is 4.39 Å². The van der Waals surface area contributed by atoms with E-state index in [4.69, 9.17) is 4.74 Å². The molecule has 0 fully saturated rings. The molecule has 0 aliphatic rings. The monoisotopic (exact) mass is 277 g/mol. The smallest absolute Gasteiger partial charge is 0.165 e. The average Bonchev–Trinajstić information content (AvgIpc) is 2.75. The minimum absolute atomic E-state index is 0.276. The van der Waals surface area contributed by atoms with Gasteiger partial charge in [-0.1, -0.05) is 6.07 Å². The first kappa shape index (κ1) is 14.5. The molecule has 0 spiro atoms. The number of nitrogens with one attached hydrogen (secondary N) is 1. The zero-order valence-corrected chi connectivity index (χ0v) is 12.1. The van der Waals surface area contributed by atoms with Crippen molar-refractivity contribution in [3.63, 3.8) is 0 Å². The van der Waals surface area contributed by atoms with Crippen molar-refractivity contribution < 1.29 is 9.13 Å². The molecule has 0 saturated heterocycles. The highest BCUT2D eigenvalue weighted by atomic mass is 19.1. The molecule has 108 valence electrons. The van der Waals surface area contributed by atoms with Gasteiger partial charge in [-0.05, 0) is 31.5 Å². The molecule has 0 radical (unpaired) electrons. The van der Waals surface area contributed by atoms with Crippen molar-refractivity contribution in [3.05, 3.63) is 47.3 Å². The number of methoxy groups -OCH3 is 1. The normalized spacial score (nSPS) is 10.8. The second-order valence-corrected chi connectivity index (χ2v) is 4.75. The van der Waals surface area contributed by atoms with Crippen LogP contribution in [0.15, 0.2) is 24.5 Å². The molecule has 0 bridgehead atoms. The Morgan fingerprint density at radius 2 is 2.15 bits per heavy atom. The zero-order valence-electron chi connectivity index (χ0n) is 12.1. The van der Waals surface area contributed by atoms with Crippen molar-refractivity contribution in [2.24, 2.45) is 0 Å². The maximum Gasteiger partial charge on any atom is 0.165 e. The number of hydrogen-bond acceptors (Lipinski definition) is 3. The maximum atomic E-state index is 13.5. The molecule has 4 nitrogen and oxygen atoms in total. The summed E-state index contributed by atoms with van der Waals surface area (Å²) in [6.45, 7) is 6.35. The van der Waals surface area contributed by atoms with E-state index in [1.54, 1.807) is 6.07 Å². The molecule has 0 amide bonds. The van der Waals surface area contributed by atoms with Gasteiger partial charge in [-0.3, -0.25) is 0 Å². The summed E-state index contributed by atoms with van der Waals surface area (Å²) in [6.07, 6.45) is 1.85. The molecule has 2 aromatic rings. The summed E-state index contributed by atoms with van der Waals surface area (Å²) in [4.78, 5) is 4.26. The summed E-state index contributed by atoms with van der Waals surface area (Å²) in [6, 6.07) is 5.01. The summed E-state index contributed by atoms with van der Waals surface area (Å²) in [7, 11) is 1.46. The Morgan fingerprint density at radius 3 is 2.75 bits per heavy atom. The van der Waals surface area contributed by atoms with E-state index in [2.05, 4.69) is 21.8 Å². The van der Waals surface area contributed by atoms with Gasteiger partial charge in [0.25, 0.3) is 0 Å². The van der Waals surface area contributed by atoms with E-state index in [0.717, 1.165) is 24.3 Å². The molecule has 0 atom stereocenters. The topological polar surface area (TPSA) is 39.1 Å². The Morgan fingerprint density at radius 1 is 1.35 bits per heavy atom. The summed E-state index contributed by atoms with van der Waals surface area (Å²) in [5.41, 5.74) is 3.14. The zero-order chi connectivity index (χ0) is 14.5. The second-order valence-electron chi connectivity index (χ2n) is 4.75. The van der Waals surface area contributed by atoms with Crippen LogP contribution in [0.3, 0.4) is 0 Å². The molecule has 2 rings (SSSR count). The number of nitrogens with zero attached hydrogens (tertiary/aromatic N) is 2. The van der Waals surface area contributed by atoms with Crippen LogP contribution in [0.25, 0.3) is 0 Å². The number of imidazole rings is 1. The van der Waals surface area contributed by atoms with Crippen LogP contribution in [-0.2, 0) is 13.1 Å². The highest BCUT2D eigenvalue weighted by Gasteiger charge is 2.04. The lowest BCUT2D eigenvalue weighted by Gasteiger charge is -2.08. The standard InChI is InChI=1S/C15H20FN3O/c1-11-12(2)19(10-18-11)7-6-17-9-13-4-5-15(20-3)14(16)8-13/h4-5,8,10,17H,6-7,9H2,1-3H3. The maximum absolute atomic E-state index is 13.5. The first-order chi connectivity index (χ1) is 9.61. The predicted molar refractivity (Wildman–Crippen MR) is 76.4 cm³/mol. The van der Waals surface area contributed by atoms with E-state index < -0.39 is 0 Å². The lowest BCUT2D eigenvalue weighted by Crippen LogP contribution is -2.19. The Bertz CT molecular complexity index is 580. The lowest BCUT2D eigenvalue weighted by atomic mass is 10.2. The van der Waals surface area contributed by atoms with Gasteiger partial charge in [0.1, 0.15) is 0 Å². The average molecular weight is 277 g/mol. The van der Waals surface area contributed by atoms with E-state index in [-0.39, 0.29) is 11.6 Å². The third-order valence-electron chi connectivity index (χ3n) is 3.42. The van der Waals surface area contributed by atoms with Gasteiger partial charge < -0.3 is 14.6 Å². The van der Waals surface area contributed by atoms with Crippen molar-refractivity contribution in [3.8, 4) is 5.75 Å². The molecule has 0 unspecified atom stereocenters. The fraction of sp³-hybridized carbons (Fsp3) is 0.400. The molecule has 1 heterocycles. The van der Waals surface area contributed by atoms with Gasteiger partial charge in [-0.25, -0.2) is 9.37 Å². The van der Waals surface area contributed by atoms with Gasteiger partial charge in [0, 0.05) is 25.3 Å². The largest absolute Gasteiger partial charge is 0.494 e. The summed E-state index contributed by atoms with van der Waals surface area (Å²) >= 11 is 0. The fourth-order valence-electron chi connectivity index (χ4n) is 2.02. The molecule has 0 aliphatic heterocycles. The molecule has 1 aromatic heterocycles. The van der Waals surface area contributed by atoms with Gasteiger partial charge in [0.15, 0.2) is 11.6 Å². The Hall–Kier alpha value is -1.88. The number of aromatic nitrogens is 2. The number of hydrogen-bond donors (Lipinski definition) is 1. The molecule has 0 saturated carbocycles. The quantitative estimate of drug-likeness (QED) is 0.824. The van der Waals surface area contributed by atoms with E-state index in [9.17, 15) is 4.39 Å². The molecule has 1 N–H and O–H groups in total. The van der Waals surface area contributed by atoms with Gasteiger partial charge >= 0.3 is 0 Å². The van der Waals surface area contributed by atoms with E-state index in [1.165, 1.54) is 18.9 Å². The van der Waals surface area contributed by atoms with Crippen LogP contribution in [0.5, 0.6) is 5.75 Å². The van der Waals surface area contributed by atoms with Crippen molar-refractivity contribution in [1.29, 1.82) is 0 Å². The third-order valence-corrected chi connectivity index (χ3v) is 3.42. The van der Waals surface area contributed by atoms with Crippen molar-refractivity contribution >= 4 is 0 Å². The first-order valence-electron chi connectivity index (χ1n) is 6.63. The molecule has 1 aromatic carbocycles. The van der Waals surface area contributed by atoms with E-state index in [1.807, 2.05) is 19.3 Å². The van der Waals surface area contributed by atoms with Crippen LogP contribution < -0.4 is 10.1 Å². The second kappa shape index (κ2) is 6.52. The molecule has 5 heteroatoms. The van der Waals surface area contributed by atoms with E-state index in [0.29, 0.717) is 6.54 Å². The van der Waals surface area contributed by atoms with Crippen LogP contribution in [0.1, 0.15) is 17.0 Å². The van der Waals surface area contributed by atoms with E-state index >= 15 is 0 Å². The molecular weight excluding hydrogens is 257 g/mol. The summed E-state index contributed by atoms with van der Waals surface area (Å²) in [5, 5.41) is 3.30. The number of ether oxygens (including phenoxy) is 1. The first-order valence-corrected chi connectivity index (χ1v) is 6.63. The van der Waals surface area contributed by atoms with Crippen LogP contribution >= 0.6 is 0 Å². The molecular formula is C15H20FN3O. The third kappa shape index (κ3) is 3.36. The van der Waals surface area contributed by atoms with Crippen LogP contribution in [0, 0.1) is 19.7 Å². The van der Waals surface area contributed by atoms with Crippen molar-refractivity contribution in [1.82, 2.24) is 14.9 Å². The highest BCUT2D eigenvalue weighted by Crippen LogP contribution is 2.17. The van der Waals surface area contributed by atoms with Gasteiger partial charge in [0.05, 0.1) is 19.1 Å². The number of benzene rings is 1. The van der Waals surface area contributed by atoms with Crippen LogP contribution in [-0.4, -0.2) is 23.2 Å². The minimum atomic E-state index is -0.326.